The summed E-state index contributed by atoms with van der Waals surface area (Å²) < 4.78 is 5.87. The molecule has 0 aliphatic carbocycles. The number of nitrogens with one attached hydrogen (secondary N) is 5. The van der Waals surface area contributed by atoms with E-state index in [0.29, 0.717) is 37.2 Å². The summed E-state index contributed by atoms with van der Waals surface area (Å²) >= 11 is 0. The molecule has 0 saturated carbocycles. The number of ether oxygens (including phenoxy) is 1. The number of unbranched alkanes of at least 4 members (excludes halogenated alkanes) is 2. The first-order valence-electron chi connectivity index (χ1n) is 25.1. The molecule has 23 nitrogen and oxygen atoms in total. The Morgan fingerprint density at radius 1 is 0.680 bits per heavy atom. The molecule has 0 spiro atoms. The summed E-state index contributed by atoms with van der Waals surface area (Å²) in [5, 5.41) is 99.5. The van der Waals surface area contributed by atoms with Gasteiger partial charge >= 0.3 is 0 Å². The Kier molecular flexibility index (Phi) is 20.1. The third kappa shape index (κ3) is 15.0. The van der Waals surface area contributed by atoms with Gasteiger partial charge in [0, 0.05) is 44.7 Å². The standard InChI is InChI=1S/C52H69N7O16/c1-27-25-59-44(45(27)67)50(72)57-48(70)39(65)24-36(53-40(66)12-8-5-9-21-75-35-19-15-32(16-20-35)31-10-6-4-7-11-31)46(68)54-41(28(2)60)51(73)58-26-34(63)23-37(58)47(69)56-43(49(71)55-42(29(3)61)52(59)74)38(64)22-30-13-17-33(62)18-14-30/h4,6-7,10-11,13-20,27-29,34,36-39,41-45,48,60-65,67,70H,5,8-9,12,21-26H2,1-3H3,(H,53,66)(H,54,68)(H,55,71)(H,56,69)(H,57,72). The highest BCUT2D eigenvalue weighted by Gasteiger charge is 2.50. The van der Waals surface area contributed by atoms with Crippen LogP contribution in [0.5, 0.6) is 11.5 Å². The predicted molar refractivity (Wildman–Crippen MR) is 266 cm³/mol. The van der Waals surface area contributed by atoms with E-state index in [1.165, 1.54) is 31.2 Å². The number of benzene rings is 3. The number of phenols is 1. The largest absolute Gasteiger partial charge is 0.508 e. The number of aromatic hydroxyl groups is 1. The fourth-order valence-corrected chi connectivity index (χ4v) is 9.39. The maximum atomic E-state index is 14.3. The van der Waals surface area contributed by atoms with E-state index in [2.05, 4.69) is 26.6 Å². The number of hydrogen-bond acceptors (Lipinski definition) is 16. The lowest BCUT2D eigenvalue weighted by Crippen LogP contribution is -2.64. The topological polar surface area (TPSA) is 357 Å². The zero-order chi connectivity index (χ0) is 54.7. The van der Waals surface area contributed by atoms with Crippen molar-refractivity contribution in [3.05, 3.63) is 84.4 Å². The number of rotatable bonds is 14. The van der Waals surface area contributed by atoms with Crippen LogP contribution in [-0.2, 0) is 40.0 Å². The van der Waals surface area contributed by atoms with Gasteiger partial charge in [0.15, 0.2) is 6.23 Å². The molecule has 0 bridgehead atoms. The van der Waals surface area contributed by atoms with Crippen molar-refractivity contribution in [3.8, 4) is 22.6 Å². The minimum absolute atomic E-state index is 0.114. The molecule has 0 radical (unpaired) electrons. The normalized spacial score (nSPS) is 28.6. The SMILES string of the molecule is CC(O)C1NC(=O)C(NC(=O)CCCCCOc2ccc(-c3ccccc3)cc2)CC(O)C(O)NC(=O)C2C(O)C(C)CN2C(=O)C(C(C)O)NC(=O)C(C(O)Cc2ccc(O)cc2)NC(=O)C2CC(O)CN2C1=O. The number of nitrogens with zero attached hydrogens (tertiary/aromatic N) is 2. The van der Waals surface area contributed by atoms with Gasteiger partial charge in [-0.15, -0.1) is 0 Å². The summed E-state index contributed by atoms with van der Waals surface area (Å²) in [5.74, 6) is -7.88. The molecule has 3 aliphatic heterocycles. The summed E-state index contributed by atoms with van der Waals surface area (Å²) in [6.07, 6.45) is -12.8. The van der Waals surface area contributed by atoms with Crippen molar-refractivity contribution < 1.29 is 79.2 Å². The highest BCUT2D eigenvalue weighted by molar-refractivity contribution is 5.98. The Balaban J connectivity index is 1.23. The first kappa shape index (κ1) is 57.5. The Morgan fingerprint density at radius 3 is 1.92 bits per heavy atom. The van der Waals surface area contributed by atoms with Gasteiger partial charge in [-0.25, -0.2) is 0 Å². The second-order valence-corrected chi connectivity index (χ2v) is 19.6. The van der Waals surface area contributed by atoms with Gasteiger partial charge in [-0.05, 0) is 74.1 Å². The number of phenolic OH excluding ortho intramolecular Hbond substituents is 1. The van der Waals surface area contributed by atoms with Crippen molar-refractivity contribution in [3.63, 3.8) is 0 Å². The van der Waals surface area contributed by atoms with Gasteiger partial charge < -0.3 is 82.0 Å². The Hall–Kier alpha value is -6.73. The molecular formula is C52H69N7O16. The van der Waals surface area contributed by atoms with Crippen LogP contribution in [0.1, 0.15) is 64.9 Å². The maximum absolute atomic E-state index is 14.3. The minimum Gasteiger partial charge on any atom is -0.508 e. The molecule has 13 N–H and O–H groups in total. The lowest BCUT2D eigenvalue weighted by atomic mass is 9.99. The van der Waals surface area contributed by atoms with Crippen molar-refractivity contribution in [2.45, 2.75) is 145 Å². The molecule has 3 heterocycles. The van der Waals surface area contributed by atoms with Crippen molar-refractivity contribution in [1.29, 1.82) is 0 Å². The molecule has 3 aliphatic rings. The van der Waals surface area contributed by atoms with Crippen LogP contribution in [0.25, 0.3) is 11.1 Å². The predicted octanol–water partition coefficient (Wildman–Crippen LogP) is -2.33. The lowest BCUT2D eigenvalue weighted by Gasteiger charge is -2.33. The summed E-state index contributed by atoms with van der Waals surface area (Å²) in [7, 11) is 0. The molecule has 7 amide bonds. The van der Waals surface area contributed by atoms with E-state index in [-0.39, 0.29) is 25.1 Å². The third-order valence-corrected chi connectivity index (χ3v) is 13.6. The summed E-state index contributed by atoms with van der Waals surface area (Å²) in [6, 6.07) is 12.0. The quantitative estimate of drug-likeness (QED) is 0.0754. The Bertz CT molecular complexity index is 2450. The number of carbonyl (C=O) groups is 7. The van der Waals surface area contributed by atoms with E-state index in [1.54, 1.807) is 0 Å². The molecule has 14 unspecified atom stereocenters. The molecule has 0 aromatic heterocycles. The van der Waals surface area contributed by atoms with Crippen LogP contribution in [0, 0.1) is 5.92 Å². The average molecular weight is 1050 g/mol. The van der Waals surface area contributed by atoms with Crippen LogP contribution in [0.3, 0.4) is 0 Å². The zero-order valence-electron chi connectivity index (χ0n) is 41.9. The molecule has 6 rings (SSSR count). The smallest absolute Gasteiger partial charge is 0.248 e. The Morgan fingerprint density at radius 2 is 1.28 bits per heavy atom. The second-order valence-electron chi connectivity index (χ2n) is 19.6. The van der Waals surface area contributed by atoms with Gasteiger partial charge in [-0.2, -0.15) is 0 Å². The fraction of sp³-hybridized carbons (Fsp3) is 0.519. The number of aliphatic hydroxyl groups is 7. The summed E-state index contributed by atoms with van der Waals surface area (Å²) in [6.45, 7) is 3.27. The highest BCUT2D eigenvalue weighted by atomic mass is 16.5. The number of aliphatic hydroxyl groups excluding tert-OH is 7. The highest BCUT2D eigenvalue weighted by Crippen LogP contribution is 2.27. The van der Waals surface area contributed by atoms with Gasteiger partial charge in [0.05, 0.1) is 37.1 Å². The average Bonchev–Trinajstić information content (AvgIpc) is 3.92. The molecule has 75 heavy (non-hydrogen) atoms. The van der Waals surface area contributed by atoms with E-state index in [4.69, 9.17) is 4.74 Å². The van der Waals surface area contributed by atoms with Gasteiger partial charge in [0.1, 0.15) is 53.9 Å². The number of carbonyl (C=O) groups excluding carboxylic acids is 7. The van der Waals surface area contributed by atoms with Crippen LogP contribution < -0.4 is 31.3 Å². The molecule has 3 aromatic carbocycles. The van der Waals surface area contributed by atoms with Crippen LogP contribution in [0.4, 0.5) is 0 Å². The molecule has 3 aromatic rings. The molecule has 3 saturated heterocycles. The Labute approximate surface area is 433 Å². The van der Waals surface area contributed by atoms with E-state index >= 15 is 0 Å². The van der Waals surface area contributed by atoms with Crippen LogP contribution in [-0.4, -0.2) is 191 Å². The molecule has 408 valence electrons. The lowest BCUT2D eigenvalue weighted by molar-refractivity contribution is -0.148. The van der Waals surface area contributed by atoms with E-state index in [0.717, 1.165) is 34.8 Å². The van der Waals surface area contributed by atoms with Crippen LogP contribution >= 0.6 is 0 Å². The van der Waals surface area contributed by atoms with E-state index < -0.39 is 146 Å². The monoisotopic (exact) mass is 1050 g/mol. The van der Waals surface area contributed by atoms with Crippen molar-refractivity contribution >= 4 is 41.4 Å². The zero-order valence-corrected chi connectivity index (χ0v) is 41.9. The maximum Gasteiger partial charge on any atom is 0.248 e. The molecule has 23 heteroatoms. The van der Waals surface area contributed by atoms with Crippen LogP contribution in [0.15, 0.2) is 78.9 Å². The van der Waals surface area contributed by atoms with Crippen molar-refractivity contribution in [1.82, 2.24) is 36.4 Å². The number of hydrogen-bond donors (Lipinski definition) is 13. The molecule has 3 fully saturated rings. The van der Waals surface area contributed by atoms with Crippen LogP contribution in [0.2, 0.25) is 0 Å². The third-order valence-electron chi connectivity index (χ3n) is 13.6. The van der Waals surface area contributed by atoms with Crippen molar-refractivity contribution in [2.24, 2.45) is 5.92 Å². The minimum atomic E-state index is -2.23. The first-order chi connectivity index (χ1) is 35.6. The second kappa shape index (κ2) is 26.2. The summed E-state index contributed by atoms with van der Waals surface area (Å²) in [5.41, 5.74) is 2.45. The first-order valence-corrected chi connectivity index (χ1v) is 25.1. The summed E-state index contributed by atoms with van der Waals surface area (Å²) in [4.78, 5) is 100. The van der Waals surface area contributed by atoms with Gasteiger partial charge in [-0.3, -0.25) is 33.6 Å². The molecule has 14 atom stereocenters. The molecular weight excluding hydrogens is 979 g/mol. The van der Waals surface area contributed by atoms with Gasteiger partial charge in [0.2, 0.25) is 41.4 Å². The fourth-order valence-electron chi connectivity index (χ4n) is 9.39. The number of fused-ring (bicyclic) bond motifs is 2. The van der Waals surface area contributed by atoms with Gasteiger partial charge in [-0.1, -0.05) is 61.5 Å². The van der Waals surface area contributed by atoms with E-state index in [1.807, 2.05) is 54.6 Å². The van der Waals surface area contributed by atoms with E-state index in [9.17, 15) is 74.4 Å². The number of amides is 7. The van der Waals surface area contributed by atoms with Crippen molar-refractivity contribution in [2.75, 3.05) is 19.7 Å². The van der Waals surface area contributed by atoms with Gasteiger partial charge in [0.25, 0.3) is 0 Å².